The van der Waals surface area contributed by atoms with E-state index >= 15 is 0 Å². The van der Waals surface area contributed by atoms with Crippen molar-refractivity contribution in [1.82, 2.24) is 10.6 Å². The smallest absolute Gasteiger partial charge is 0.220 e. The molecule has 1 saturated heterocycles. The highest BCUT2D eigenvalue weighted by atomic mass is 16.1. The van der Waals surface area contributed by atoms with E-state index in [2.05, 4.69) is 17.6 Å². The first-order chi connectivity index (χ1) is 6.33. The Balaban J connectivity index is 2.00. The van der Waals surface area contributed by atoms with Gasteiger partial charge in [0.2, 0.25) is 5.91 Å². The molecule has 0 saturated carbocycles. The molecular formula is C10H20N2O. The van der Waals surface area contributed by atoms with E-state index in [4.69, 9.17) is 0 Å². The van der Waals surface area contributed by atoms with Gasteiger partial charge in [0.15, 0.2) is 0 Å². The molecule has 0 aliphatic carbocycles. The Hall–Kier alpha value is -0.570. The number of hydrogen-bond donors (Lipinski definition) is 2. The highest BCUT2D eigenvalue weighted by molar-refractivity contribution is 5.75. The molecule has 0 aromatic rings. The van der Waals surface area contributed by atoms with Crippen molar-refractivity contribution in [1.29, 1.82) is 0 Å². The molecule has 3 heteroatoms. The molecule has 1 amide bonds. The van der Waals surface area contributed by atoms with Gasteiger partial charge in [-0.25, -0.2) is 0 Å². The molecule has 0 spiro atoms. The van der Waals surface area contributed by atoms with Crippen LogP contribution in [-0.4, -0.2) is 25.5 Å². The first-order valence-electron chi connectivity index (χ1n) is 5.30. The number of nitrogens with one attached hydrogen (secondary N) is 2. The Morgan fingerprint density at radius 1 is 1.62 bits per heavy atom. The largest absolute Gasteiger partial charge is 0.356 e. The average Bonchev–Trinajstić information content (AvgIpc) is 2.64. The van der Waals surface area contributed by atoms with Crippen LogP contribution in [0.5, 0.6) is 0 Å². The summed E-state index contributed by atoms with van der Waals surface area (Å²) in [5, 5.41) is 6.20. The summed E-state index contributed by atoms with van der Waals surface area (Å²) in [5.74, 6) is 0.945. The molecule has 1 heterocycles. The molecule has 3 nitrogen and oxygen atoms in total. The monoisotopic (exact) mass is 184 g/mol. The predicted octanol–water partition coefficient (Wildman–Crippen LogP) is 0.902. The molecule has 0 aromatic carbocycles. The zero-order chi connectivity index (χ0) is 9.52. The first kappa shape index (κ1) is 10.5. The van der Waals surface area contributed by atoms with Gasteiger partial charge in [-0.3, -0.25) is 4.79 Å². The van der Waals surface area contributed by atoms with Crippen molar-refractivity contribution in [3.63, 3.8) is 0 Å². The molecule has 1 rings (SSSR count). The topological polar surface area (TPSA) is 41.1 Å². The van der Waals surface area contributed by atoms with Gasteiger partial charge < -0.3 is 10.6 Å². The minimum absolute atomic E-state index is 0.216. The lowest BCUT2D eigenvalue weighted by molar-refractivity contribution is -0.121. The lowest BCUT2D eigenvalue weighted by atomic mass is 10.0. The summed E-state index contributed by atoms with van der Waals surface area (Å²) in [4.78, 5) is 11.2. The summed E-state index contributed by atoms with van der Waals surface area (Å²) in [5.41, 5.74) is 0. The second kappa shape index (κ2) is 5.97. The molecule has 76 valence electrons. The quantitative estimate of drug-likeness (QED) is 0.666. The van der Waals surface area contributed by atoms with Crippen LogP contribution in [0.1, 0.15) is 32.6 Å². The highest BCUT2D eigenvalue weighted by Gasteiger charge is 2.15. The lowest BCUT2D eigenvalue weighted by Crippen LogP contribution is -2.24. The Morgan fingerprint density at radius 3 is 3.08 bits per heavy atom. The van der Waals surface area contributed by atoms with E-state index in [9.17, 15) is 4.79 Å². The Kier molecular flexibility index (Phi) is 4.83. The van der Waals surface area contributed by atoms with Crippen LogP contribution in [0.25, 0.3) is 0 Å². The third-order valence-electron chi connectivity index (χ3n) is 2.51. The number of carbonyl (C=O) groups excluding carboxylic acids is 1. The SMILES string of the molecule is CCCNC(=O)CCC1CCNC1. The maximum atomic E-state index is 11.2. The number of hydrogen-bond acceptors (Lipinski definition) is 2. The summed E-state index contributed by atoms with van der Waals surface area (Å²) >= 11 is 0. The lowest BCUT2D eigenvalue weighted by Gasteiger charge is -2.07. The zero-order valence-electron chi connectivity index (χ0n) is 8.44. The van der Waals surface area contributed by atoms with E-state index in [1.165, 1.54) is 6.42 Å². The third kappa shape index (κ3) is 4.27. The van der Waals surface area contributed by atoms with Gasteiger partial charge in [0.1, 0.15) is 0 Å². The number of amides is 1. The van der Waals surface area contributed by atoms with E-state index in [0.29, 0.717) is 6.42 Å². The van der Waals surface area contributed by atoms with E-state index in [-0.39, 0.29) is 5.91 Å². The fourth-order valence-electron chi connectivity index (χ4n) is 1.65. The summed E-state index contributed by atoms with van der Waals surface area (Å²) in [6.07, 6.45) is 4.01. The van der Waals surface area contributed by atoms with Gasteiger partial charge in [0.25, 0.3) is 0 Å². The highest BCUT2D eigenvalue weighted by Crippen LogP contribution is 2.13. The second-order valence-electron chi connectivity index (χ2n) is 3.75. The second-order valence-corrected chi connectivity index (χ2v) is 3.75. The maximum absolute atomic E-state index is 11.2. The molecule has 1 aliphatic rings. The van der Waals surface area contributed by atoms with Crippen LogP contribution < -0.4 is 10.6 Å². The Labute approximate surface area is 80.3 Å². The molecule has 1 atom stereocenters. The van der Waals surface area contributed by atoms with Crippen molar-refractivity contribution >= 4 is 5.91 Å². The van der Waals surface area contributed by atoms with Crippen LogP contribution in [-0.2, 0) is 4.79 Å². The van der Waals surface area contributed by atoms with Crippen LogP contribution in [0.3, 0.4) is 0 Å². The van der Waals surface area contributed by atoms with E-state index < -0.39 is 0 Å². The fourth-order valence-corrected chi connectivity index (χ4v) is 1.65. The Bertz CT molecular complexity index is 153. The van der Waals surface area contributed by atoms with Gasteiger partial charge in [-0.15, -0.1) is 0 Å². The van der Waals surface area contributed by atoms with Crippen LogP contribution >= 0.6 is 0 Å². The summed E-state index contributed by atoms with van der Waals surface area (Å²) in [7, 11) is 0. The van der Waals surface area contributed by atoms with Gasteiger partial charge in [-0.2, -0.15) is 0 Å². The van der Waals surface area contributed by atoms with Gasteiger partial charge in [-0.05, 0) is 38.3 Å². The van der Waals surface area contributed by atoms with E-state index in [1.807, 2.05) is 0 Å². The van der Waals surface area contributed by atoms with Gasteiger partial charge >= 0.3 is 0 Å². The number of rotatable bonds is 5. The molecule has 13 heavy (non-hydrogen) atoms. The summed E-state index contributed by atoms with van der Waals surface area (Å²) in [6, 6.07) is 0. The molecule has 1 fully saturated rings. The van der Waals surface area contributed by atoms with Gasteiger partial charge in [0, 0.05) is 13.0 Å². The maximum Gasteiger partial charge on any atom is 0.220 e. The van der Waals surface area contributed by atoms with Crippen LogP contribution in [0.4, 0.5) is 0 Å². The van der Waals surface area contributed by atoms with Crippen molar-refractivity contribution in [2.24, 2.45) is 5.92 Å². The summed E-state index contributed by atoms with van der Waals surface area (Å²) < 4.78 is 0. The third-order valence-corrected chi connectivity index (χ3v) is 2.51. The Morgan fingerprint density at radius 2 is 2.46 bits per heavy atom. The van der Waals surface area contributed by atoms with Crippen molar-refractivity contribution in [3.8, 4) is 0 Å². The minimum Gasteiger partial charge on any atom is -0.356 e. The van der Waals surface area contributed by atoms with Crippen molar-refractivity contribution in [2.45, 2.75) is 32.6 Å². The molecule has 1 aliphatic heterocycles. The molecular weight excluding hydrogens is 164 g/mol. The molecule has 0 radical (unpaired) electrons. The van der Waals surface area contributed by atoms with Crippen LogP contribution in [0.2, 0.25) is 0 Å². The molecule has 1 unspecified atom stereocenters. The van der Waals surface area contributed by atoms with Crippen LogP contribution in [0, 0.1) is 5.92 Å². The van der Waals surface area contributed by atoms with Crippen molar-refractivity contribution in [3.05, 3.63) is 0 Å². The molecule has 0 aromatic heterocycles. The first-order valence-corrected chi connectivity index (χ1v) is 5.30. The molecule has 0 bridgehead atoms. The van der Waals surface area contributed by atoms with Gasteiger partial charge in [-0.1, -0.05) is 6.92 Å². The minimum atomic E-state index is 0.216. The van der Waals surface area contributed by atoms with E-state index in [1.54, 1.807) is 0 Å². The average molecular weight is 184 g/mol. The van der Waals surface area contributed by atoms with Crippen molar-refractivity contribution < 1.29 is 4.79 Å². The predicted molar refractivity (Wildman–Crippen MR) is 53.5 cm³/mol. The summed E-state index contributed by atoms with van der Waals surface area (Å²) in [6.45, 7) is 5.12. The van der Waals surface area contributed by atoms with Crippen LogP contribution in [0.15, 0.2) is 0 Å². The molecule has 2 N–H and O–H groups in total. The zero-order valence-corrected chi connectivity index (χ0v) is 8.44. The normalized spacial score (nSPS) is 21.8. The van der Waals surface area contributed by atoms with Crippen molar-refractivity contribution in [2.75, 3.05) is 19.6 Å². The van der Waals surface area contributed by atoms with E-state index in [0.717, 1.165) is 38.4 Å². The fraction of sp³-hybridized carbons (Fsp3) is 0.900. The number of carbonyl (C=O) groups is 1. The van der Waals surface area contributed by atoms with Gasteiger partial charge in [0.05, 0.1) is 0 Å². The standard InChI is InChI=1S/C10H20N2O/c1-2-6-12-10(13)4-3-9-5-7-11-8-9/h9,11H,2-8H2,1H3,(H,12,13).